The van der Waals surface area contributed by atoms with E-state index in [0.717, 1.165) is 23.6 Å². The van der Waals surface area contributed by atoms with E-state index in [9.17, 15) is 0 Å². The molecule has 0 aliphatic rings. The van der Waals surface area contributed by atoms with Crippen molar-refractivity contribution in [2.24, 2.45) is 0 Å². The van der Waals surface area contributed by atoms with Crippen molar-refractivity contribution in [2.45, 2.75) is 61.8 Å². The van der Waals surface area contributed by atoms with Crippen LogP contribution in [-0.2, 0) is 0 Å². The molecule has 3 aromatic rings. The number of aryl methyl sites for hydroxylation is 5. The molecule has 0 fully saturated rings. The van der Waals surface area contributed by atoms with E-state index in [1.165, 1.54) is 44.6 Å². The van der Waals surface area contributed by atoms with E-state index in [1.54, 1.807) is 0 Å². The van der Waals surface area contributed by atoms with Gasteiger partial charge in [-0.15, -0.1) is 0 Å². The highest BCUT2D eigenvalue weighted by Gasteiger charge is 2.21. The topological polar surface area (TPSA) is 30.7 Å². The first-order chi connectivity index (χ1) is 12.3. The van der Waals surface area contributed by atoms with E-state index in [2.05, 4.69) is 71.2 Å². The molecule has 0 bridgehead atoms. The summed E-state index contributed by atoms with van der Waals surface area (Å²) in [4.78, 5) is 9.69. The van der Waals surface area contributed by atoms with Gasteiger partial charge in [0, 0.05) is 11.1 Å². The van der Waals surface area contributed by atoms with Gasteiger partial charge in [-0.1, -0.05) is 30.7 Å². The predicted octanol–water partition coefficient (Wildman–Crippen LogP) is 6.08. The summed E-state index contributed by atoms with van der Waals surface area (Å²) in [5.74, 6) is 0.821. The molecule has 0 saturated heterocycles. The van der Waals surface area contributed by atoms with Crippen LogP contribution < -0.4 is 0 Å². The van der Waals surface area contributed by atoms with Crippen molar-refractivity contribution < 1.29 is 0 Å². The van der Waals surface area contributed by atoms with Gasteiger partial charge in [-0.2, -0.15) is 0 Å². The van der Waals surface area contributed by atoms with Gasteiger partial charge in [-0.3, -0.25) is 4.57 Å². The third-order valence-electron chi connectivity index (χ3n) is 5.36. The van der Waals surface area contributed by atoms with Crippen LogP contribution in [0.3, 0.4) is 0 Å². The number of hydrogen-bond donors (Lipinski definition) is 0. The predicted molar refractivity (Wildman–Crippen MR) is 111 cm³/mol. The number of nitrogens with zero attached hydrogens (tertiary/aromatic N) is 3. The molecule has 3 rings (SSSR count). The monoisotopic (exact) mass is 347 g/mol. The summed E-state index contributed by atoms with van der Waals surface area (Å²) in [5.41, 5.74) is 11.0. The van der Waals surface area contributed by atoms with Crippen LogP contribution in [0.25, 0.3) is 22.3 Å². The number of aromatic nitrogens is 3. The van der Waals surface area contributed by atoms with Crippen LogP contribution >= 0.6 is 0 Å². The molecule has 0 aliphatic heterocycles. The molecule has 0 spiro atoms. The Hall–Kier alpha value is -2.42. The van der Waals surface area contributed by atoms with Crippen LogP contribution in [0.5, 0.6) is 0 Å². The van der Waals surface area contributed by atoms with Gasteiger partial charge in [0.2, 0.25) is 0 Å². The molecule has 0 saturated carbocycles. The second-order valence-corrected chi connectivity index (χ2v) is 7.28. The number of hydrogen-bond acceptors (Lipinski definition) is 2. The van der Waals surface area contributed by atoms with Crippen LogP contribution in [0.1, 0.15) is 59.7 Å². The molecule has 0 unspecified atom stereocenters. The summed E-state index contributed by atoms with van der Waals surface area (Å²) >= 11 is 0. The maximum atomic E-state index is 4.87. The molecule has 0 aliphatic carbocycles. The molecule has 0 radical (unpaired) electrons. The van der Waals surface area contributed by atoms with Crippen LogP contribution in [0.4, 0.5) is 0 Å². The first-order valence-electron chi connectivity index (χ1n) is 9.40. The summed E-state index contributed by atoms with van der Waals surface area (Å²) in [6, 6.07) is 4.50. The lowest BCUT2D eigenvalue weighted by Crippen LogP contribution is -2.05. The summed E-state index contributed by atoms with van der Waals surface area (Å²) in [7, 11) is 0. The molecular weight excluding hydrogens is 318 g/mol. The van der Waals surface area contributed by atoms with E-state index < -0.39 is 0 Å². The lowest BCUT2D eigenvalue weighted by molar-refractivity contribution is 0.969. The van der Waals surface area contributed by atoms with E-state index in [1.807, 2.05) is 6.92 Å². The maximum absolute atomic E-state index is 4.87. The minimum atomic E-state index is 0.821. The van der Waals surface area contributed by atoms with Crippen molar-refractivity contribution in [3.63, 3.8) is 0 Å². The molecule has 3 nitrogen and oxygen atoms in total. The molecule has 0 amide bonds. The summed E-state index contributed by atoms with van der Waals surface area (Å²) in [6.07, 6.45) is 3.14. The van der Waals surface area contributed by atoms with Gasteiger partial charge in [-0.25, -0.2) is 9.97 Å². The van der Waals surface area contributed by atoms with Crippen LogP contribution in [0.15, 0.2) is 18.2 Å². The van der Waals surface area contributed by atoms with Gasteiger partial charge in [0.1, 0.15) is 11.5 Å². The van der Waals surface area contributed by atoms with Gasteiger partial charge in [-0.05, 0) is 77.2 Å². The Labute approximate surface area is 156 Å². The van der Waals surface area contributed by atoms with Crippen molar-refractivity contribution in [3.8, 4) is 5.69 Å². The molecule has 2 aromatic heterocycles. The molecule has 3 heteroatoms. The fourth-order valence-corrected chi connectivity index (χ4v) is 4.11. The third kappa shape index (κ3) is 2.76. The maximum Gasteiger partial charge on any atom is 0.149 e. The smallest absolute Gasteiger partial charge is 0.149 e. The second-order valence-electron chi connectivity index (χ2n) is 7.28. The lowest BCUT2D eigenvalue weighted by atomic mass is 10.0. The normalized spacial score (nSPS) is 12.2. The minimum Gasteiger partial charge on any atom is -0.298 e. The zero-order valence-corrected chi connectivity index (χ0v) is 17.3. The van der Waals surface area contributed by atoms with E-state index in [-0.39, 0.29) is 0 Å². The van der Waals surface area contributed by atoms with E-state index >= 15 is 0 Å². The first-order valence-corrected chi connectivity index (χ1v) is 9.40. The highest BCUT2D eigenvalue weighted by molar-refractivity contribution is 5.93. The number of rotatable bonds is 3. The summed E-state index contributed by atoms with van der Waals surface area (Å²) < 4.78 is 2.33. The van der Waals surface area contributed by atoms with Crippen LogP contribution in [-0.4, -0.2) is 14.5 Å². The number of benzene rings is 1. The third-order valence-corrected chi connectivity index (χ3v) is 5.36. The largest absolute Gasteiger partial charge is 0.298 e. The van der Waals surface area contributed by atoms with Crippen molar-refractivity contribution in [1.29, 1.82) is 0 Å². The Kier molecular flexibility index (Phi) is 4.74. The Morgan fingerprint density at radius 1 is 1.00 bits per heavy atom. The van der Waals surface area contributed by atoms with Gasteiger partial charge >= 0.3 is 0 Å². The zero-order chi connectivity index (χ0) is 19.2. The Morgan fingerprint density at radius 2 is 1.62 bits per heavy atom. The Morgan fingerprint density at radius 3 is 2.15 bits per heavy atom. The quantitative estimate of drug-likeness (QED) is 0.574. The van der Waals surface area contributed by atoms with Crippen molar-refractivity contribution in [3.05, 3.63) is 57.7 Å². The van der Waals surface area contributed by atoms with Crippen molar-refractivity contribution in [1.82, 2.24) is 14.5 Å². The van der Waals surface area contributed by atoms with Crippen molar-refractivity contribution >= 4 is 16.6 Å². The molecule has 1 aromatic carbocycles. The van der Waals surface area contributed by atoms with Gasteiger partial charge < -0.3 is 0 Å². The highest BCUT2D eigenvalue weighted by atomic mass is 15.1. The second kappa shape index (κ2) is 6.71. The minimum absolute atomic E-state index is 0.821. The van der Waals surface area contributed by atoms with Crippen LogP contribution in [0, 0.1) is 41.5 Å². The van der Waals surface area contributed by atoms with Gasteiger partial charge in [0.05, 0.1) is 11.4 Å². The highest BCUT2D eigenvalue weighted by Crippen LogP contribution is 2.35. The van der Waals surface area contributed by atoms with Gasteiger partial charge in [0.25, 0.3) is 0 Å². The zero-order valence-electron chi connectivity index (χ0n) is 17.3. The van der Waals surface area contributed by atoms with E-state index in [0.29, 0.717) is 0 Å². The average molecular weight is 348 g/mol. The molecule has 0 atom stereocenters. The molecule has 136 valence electrons. The standard InChI is InChI=1S/C23H29N3/c1-9-19(10-2)21-20-16(6)17(7)26(23(20)25-18(8)24-21)22-14(4)11-13(3)12-15(22)5/h9,11-12H,10H2,1-8H3/b19-9-. The molecular formula is C23H29N3. The average Bonchev–Trinajstić information content (AvgIpc) is 2.80. The number of fused-ring (bicyclic) bond motifs is 1. The fraction of sp³-hybridized carbons (Fsp3) is 0.391. The van der Waals surface area contributed by atoms with Crippen LogP contribution in [0.2, 0.25) is 0 Å². The number of allylic oxidation sites excluding steroid dienone is 2. The van der Waals surface area contributed by atoms with Gasteiger partial charge in [0.15, 0.2) is 0 Å². The SMILES string of the molecule is C/C=C(/CC)c1nc(C)nc2c1c(C)c(C)n2-c1c(C)cc(C)cc1C. The summed E-state index contributed by atoms with van der Waals surface area (Å²) in [5, 5.41) is 1.18. The first kappa shape index (κ1) is 18.4. The van der Waals surface area contributed by atoms with E-state index in [4.69, 9.17) is 9.97 Å². The summed E-state index contributed by atoms with van der Waals surface area (Å²) in [6.45, 7) is 17.2. The Balaban J connectivity index is 2.49. The lowest BCUT2D eigenvalue weighted by Gasteiger charge is -2.16. The molecule has 26 heavy (non-hydrogen) atoms. The molecule has 0 N–H and O–H groups in total. The molecule has 2 heterocycles. The fourth-order valence-electron chi connectivity index (χ4n) is 4.11. The Bertz CT molecular complexity index is 1010. The van der Waals surface area contributed by atoms with Crippen molar-refractivity contribution in [2.75, 3.05) is 0 Å².